The number of aromatic amines is 1. The second-order valence-corrected chi connectivity index (χ2v) is 8.46. The van der Waals surface area contributed by atoms with Crippen LogP contribution in [-0.2, 0) is 19.2 Å². The fraction of sp³-hybridized carbons (Fsp3) is 0.308. The maximum absolute atomic E-state index is 9.10. The number of carboxylic acids is 4. The van der Waals surface area contributed by atoms with Gasteiger partial charge in [-0.2, -0.15) is 0 Å². The standard InChI is InChI=1S/C22H27N3.2C2H2O4/c1-25-13-11-18(12-14-25)23-15-20(17-7-3-2-4-8-17)21-16-24-22-10-6-5-9-19(21)22;2*3-1(4)2(5)6/h2-10,16,18,20,23-24H,11-15H2,1H3;2*(H,3,4)(H,5,6). The summed E-state index contributed by atoms with van der Waals surface area (Å²) in [7, 11) is 2.22. The van der Waals surface area contributed by atoms with Gasteiger partial charge in [0, 0.05) is 35.6 Å². The van der Waals surface area contributed by atoms with Crippen molar-refractivity contribution in [2.45, 2.75) is 24.8 Å². The summed E-state index contributed by atoms with van der Waals surface area (Å²) in [5.74, 6) is -6.92. The van der Waals surface area contributed by atoms with Crippen LogP contribution >= 0.6 is 0 Å². The van der Waals surface area contributed by atoms with E-state index >= 15 is 0 Å². The lowest BCUT2D eigenvalue weighted by Crippen LogP contribution is -2.42. The van der Waals surface area contributed by atoms with Crippen molar-refractivity contribution in [3.05, 3.63) is 71.9 Å². The van der Waals surface area contributed by atoms with Gasteiger partial charge in [0.1, 0.15) is 0 Å². The van der Waals surface area contributed by atoms with Crippen molar-refractivity contribution in [2.75, 3.05) is 26.7 Å². The van der Waals surface area contributed by atoms with Gasteiger partial charge < -0.3 is 35.6 Å². The molecule has 0 radical (unpaired) electrons. The number of nitrogens with one attached hydrogen (secondary N) is 2. The molecule has 3 aromatic rings. The number of benzene rings is 2. The van der Waals surface area contributed by atoms with Crippen molar-refractivity contribution in [3.63, 3.8) is 0 Å². The van der Waals surface area contributed by atoms with Gasteiger partial charge in [-0.25, -0.2) is 19.2 Å². The molecule has 1 aromatic heterocycles. The Morgan fingerprint density at radius 1 is 0.865 bits per heavy atom. The largest absolute Gasteiger partial charge is 0.473 e. The van der Waals surface area contributed by atoms with E-state index in [0.717, 1.165) is 6.54 Å². The van der Waals surface area contributed by atoms with Crippen LogP contribution in [0.4, 0.5) is 0 Å². The Kier molecular flexibility index (Phi) is 11.3. The van der Waals surface area contributed by atoms with Crippen molar-refractivity contribution < 1.29 is 39.6 Å². The third-order valence-electron chi connectivity index (χ3n) is 5.89. The second kappa shape index (κ2) is 14.4. The summed E-state index contributed by atoms with van der Waals surface area (Å²) in [6, 6.07) is 20.1. The monoisotopic (exact) mass is 513 g/mol. The molecule has 0 saturated carbocycles. The average molecular weight is 514 g/mol. The van der Waals surface area contributed by atoms with E-state index in [2.05, 4.69) is 83.0 Å². The van der Waals surface area contributed by atoms with E-state index in [1.54, 1.807) is 0 Å². The van der Waals surface area contributed by atoms with Gasteiger partial charge in [0.25, 0.3) is 0 Å². The molecule has 1 saturated heterocycles. The summed E-state index contributed by atoms with van der Waals surface area (Å²) < 4.78 is 0. The highest BCUT2D eigenvalue weighted by atomic mass is 16.4. The van der Waals surface area contributed by atoms with E-state index in [4.69, 9.17) is 39.6 Å². The number of likely N-dealkylation sites (tertiary alicyclic amines) is 1. The maximum atomic E-state index is 9.10. The number of carboxylic acid groups (broad SMARTS) is 4. The summed E-state index contributed by atoms with van der Waals surface area (Å²) >= 11 is 0. The molecule has 1 unspecified atom stereocenters. The molecular weight excluding hydrogens is 482 g/mol. The summed E-state index contributed by atoms with van der Waals surface area (Å²) in [6.45, 7) is 3.38. The Morgan fingerprint density at radius 2 is 1.38 bits per heavy atom. The first-order chi connectivity index (χ1) is 17.6. The number of H-pyrrole nitrogens is 1. The summed E-state index contributed by atoms with van der Waals surface area (Å²) in [5, 5.41) is 34.8. The molecule has 1 atom stereocenters. The predicted octanol–water partition coefficient (Wildman–Crippen LogP) is 2.29. The molecule has 6 N–H and O–H groups in total. The molecule has 0 bridgehead atoms. The zero-order valence-electron chi connectivity index (χ0n) is 20.3. The summed E-state index contributed by atoms with van der Waals surface area (Å²) in [6.07, 6.45) is 4.68. The summed E-state index contributed by atoms with van der Waals surface area (Å²) in [5.41, 5.74) is 3.99. The number of rotatable bonds is 5. The molecule has 1 aliphatic rings. The number of hydrogen-bond donors (Lipinski definition) is 6. The first-order valence-corrected chi connectivity index (χ1v) is 11.6. The fourth-order valence-electron chi connectivity index (χ4n) is 3.97. The molecular formula is C26H31N3O8. The van der Waals surface area contributed by atoms with Gasteiger partial charge in [-0.3, -0.25) is 0 Å². The van der Waals surface area contributed by atoms with Crippen LogP contribution < -0.4 is 5.32 Å². The number of hydrogen-bond acceptors (Lipinski definition) is 6. The molecule has 11 heteroatoms. The fourth-order valence-corrected chi connectivity index (χ4v) is 3.97. The number of aliphatic carboxylic acids is 4. The van der Waals surface area contributed by atoms with Crippen LogP contribution in [0.2, 0.25) is 0 Å². The van der Waals surface area contributed by atoms with Crippen molar-refractivity contribution in [1.29, 1.82) is 0 Å². The molecule has 0 aliphatic carbocycles. The van der Waals surface area contributed by atoms with Gasteiger partial charge in [0.15, 0.2) is 0 Å². The Labute approximate surface area is 213 Å². The van der Waals surface area contributed by atoms with Crippen molar-refractivity contribution in [2.24, 2.45) is 0 Å². The number of carbonyl (C=O) groups is 4. The quantitative estimate of drug-likeness (QED) is 0.277. The Bertz CT molecular complexity index is 1140. The van der Waals surface area contributed by atoms with Gasteiger partial charge in [-0.05, 0) is 50.2 Å². The number of fused-ring (bicyclic) bond motifs is 1. The minimum absolute atomic E-state index is 0.372. The van der Waals surface area contributed by atoms with Gasteiger partial charge in [0.05, 0.1) is 0 Å². The van der Waals surface area contributed by atoms with Gasteiger partial charge in [-0.15, -0.1) is 0 Å². The second-order valence-electron chi connectivity index (χ2n) is 8.46. The van der Waals surface area contributed by atoms with Gasteiger partial charge >= 0.3 is 23.9 Å². The molecule has 1 fully saturated rings. The Balaban J connectivity index is 0.000000336. The Hall–Kier alpha value is -4.22. The SMILES string of the molecule is CN1CCC(NCC(c2ccccc2)c2c[nH]c3ccccc23)CC1.O=C(O)C(=O)O.O=C(O)C(=O)O. The number of para-hydroxylation sites is 1. The molecule has 37 heavy (non-hydrogen) atoms. The lowest BCUT2D eigenvalue weighted by atomic mass is 9.90. The number of nitrogens with zero attached hydrogens (tertiary/aromatic N) is 1. The van der Waals surface area contributed by atoms with E-state index in [9.17, 15) is 0 Å². The Morgan fingerprint density at radius 3 is 1.92 bits per heavy atom. The minimum Gasteiger partial charge on any atom is -0.473 e. The van der Waals surface area contributed by atoms with E-state index in [1.165, 1.54) is 48.0 Å². The van der Waals surface area contributed by atoms with E-state index in [-0.39, 0.29) is 0 Å². The lowest BCUT2D eigenvalue weighted by molar-refractivity contribution is -0.159. The molecule has 2 heterocycles. The zero-order valence-corrected chi connectivity index (χ0v) is 20.3. The first-order valence-electron chi connectivity index (χ1n) is 11.6. The van der Waals surface area contributed by atoms with Crippen LogP contribution in [0.5, 0.6) is 0 Å². The minimum atomic E-state index is -1.82. The van der Waals surface area contributed by atoms with E-state index < -0.39 is 23.9 Å². The molecule has 1 aliphatic heterocycles. The van der Waals surface area contributed by atoms with E-state index in [1.807, 2.05) is 0 Å². The van der Waals surface area contributed by atoms with Gasteiger partial charge in [0.2, 0.25) is 0 Å². The first kappa shape index (κ1) is 29.0. The zero-order chi connectivity index (χ0) is 27.4. The van der Waals surface area contributed by atoms with Crippen LogP contribution in [-0.4, -0.2) is 86.9 Å². The van der Waals surface area contributed by atoms with Crippen LogP contribution in [0.25, 0.3) is 10.9 Å². The summed E-state index contributed by atoms with van der Waals surface area (Å²) in [4.78, 5) is 42.3. The van der Waals surface area contributed by atoms with Crippen LogP contribution in [0.15, 0.2) is 60.8 Å². The van der Waals surface area contributed by atoms with Crippen molar-refractivity contribution in [1.82, 2.24) is 15.2 Å². The number of aromatic nitrogens is 1. The molecule has 0 spiro atoms. The third-order valence-corrected chi connectivity index (χ3v) is 5.89. The molecule has 0 amide bonds. The normalized spacial score (nSPS) is 14.4. The number of piperidine rings is 1. The van der Waals surface area contributed by atoms with Crippen LogP contribution in [0.3, 0.4) is 0 Å². The molecule has 2 aromatic carbocycles. The highest BCUT2D eigenvalue weighted by Crippen LogP contribution is 2.30. The maximum Gasteiger partial charge on any atom is 0.414 e. The topological polar surface area (TPSA) is 180 Å². The van der Waals surface area contributed by atoms with Crippen molar-refractivity contribution >= 4 is 34.8 Å². The smallest absolute Gasteiger partial charge is 0.414 e. The van der Waals surface area contributed by atoms with Crippen LogP contribution in [0, 0.1) is 0 Å². The third kappa shape index (κ3) is 9.39. The molecule has 11 nitrogen and oxygen atoms in total. The lowest BCUT2D eigenvalue weighted by Gasteiger charge is -2.31. The average Bonchev–Trinajstić information content (AvgIpc) is 3.30. The van der Waals surface area contributed by atoms with Gasteiger partial charge in [-0.1, -0.05) is 48.5 Å². The van der Waals surface area contributed by atoms with Crippen molar-refractivity contribution in [3.8, 4) is 0 Å². The highest BCUT2D eigenvalue weighted by molar-refractivity contribution is 6.27. The van der Waals surface area contributed by atoms with E-state index in [0.29, 0.717) is 12.0 Å². The highest BCUT2D eigenvalue weighted by Gasteiger charge is 2.21. The molecule has 198 valence electrons. The molecule has 4 rings (SSSR count). The predicted molar refractivity (Wildman–Crippen MR) is 136 cm³/mol. The van der Waals surface area contributed by atoms with Crippen LogP contribution in [0.1, 0.15) is 29.9 Å².